The van der Waals surface area contributed by atoms with Crippen molar-refractivity contribution in [2.45, 2.75) is 59.1 Å². The van der Waals surface area contributed by atoms with Crippen molar-refractivity contribution in [3.63, 3.8) is 0 Å². The Labute approximate surface area is 279 Å². The van der Waals surface area contributed by atoms with E-state index < -0.39 is 35.7 Å². The molecule has 264 valence electrons. The van der Waals surface area contributed by atoms with Gasteiger partial charge in [-0.2, -0.15) is 0 Å². The molecule has 1 heterocycles. The lowest BCUT2D eigenvalue weighted by Crippen LogP contribution is -2.44. The Balaban J connectivity index is 1.89. The summed E-state index contributed by atoms with van der Waals surface area (Å²) in [5.74, 6) is -3.01. The highest BCUT2D eigenvalue weighted by Gasteiger charge is 2.29. The lowest BCUT2D eigenvalue weighted by molar-refractivity contribution is -0.137. The maximum absolute atomic E-state index is 13.4. The van der Waals surface area contributed by atoms with Gasteiger partial charge >= 0.3 is 6.03 Å². The number of carbonyl (C=O) groups is 7. The summed E-state index contributed by atoms with van der Waals surface area (Å²) in [5.41, 5.74) is 5.95. The van der Waals surface area contributed by atoms with Crippen LogP contribution in [-0.4, -0.2) is 96.9 Å². The SMILES string of the molecule is CC(=O)N[C@H](C(=O)C[C@@H](CCCNC(N)=O)C(=O)Nc1ccc(CO)c(OCCOCCNC(=O)CCN2C(=O)C=CC2=O)c1)C(C)C. The molecule has 1 aromatic carbocycles. The molecule has 1 aliphatic rings. The maximum Gasteiger partial charge on any atom is 0.312 e. The number of anilines is 1. The van der Waals surface area contributed by atoms with E-state index in [1.807, 2.05) is 0 Å². The number of nitrogens with zero attached hydrogens (tertiary/aromatic N) is 1. The fourth-order valence-electron chi connectivity index (χ4n) is 4.76. The number of hydrogen-bond acceptors (Lipinski definition) is 10. The van der Waals surface area contributed by atoms with Crippen molar-refractivity contribution in [2.24, 2.45) is 17.6 Å². The summed E-state index contributed by atoms with van der Waals surface area (Å²) in [6.45, 7) is 5.40. The molecule has 0 unspecified atom stereocenters. The molecule has 16 heteroatoms. The zero-order valence-corrected chi connectivity index (χ0v) is 27.5. The van der Waals surface area contributed by atoms with Gasteiger partial charge in [0, 0.05) is 74.8 Å². The van der Waals surface area contributed by atoms with E-state index in [0.717, 1.165) is 17.1 Å². The number of benzene rings is 1. The normalized spacial score (nSPS) is 13.6. The fourth-order valence-corrected chi connectivity index (χ4v) is 4.76. The number of hydrogen-bond donors (Lipinski definition) is 6. The van der Waals surface area contributed by atoms with Gasteiger partial charge in [0.25, 0.3) is 11.8 Å². The molecule has 0 fully saturated rings. The molecule has 0 spiro atoms. The summed E-state index contributed by atoms with van der Waals surface area (Å²) < 4.78 is 11.3. The van der Waals surface area contributed by atoms with E-state index in [2.05, 4.69) is 21.3 Å². The Morgan fingerprint density at radius 2 is 1.69 bits per heavy atom. The molecule has 0 radical (unpaired) electrons. The summed E-state index contributed by atoms with van der Waals surface area (Å²) in [4.78, 5) is 85.2. The number of nitrogens with two attached hydrogens (primary N) is 1. The van der Waals surface area contributed by atoms with Gasteiger partial charge in [0.05, 0.1) is 25.9 Å². The third-order valence-corrected chi connectivity index (χ3v) is 7.24. The topological polar surface area (TPSA) is 236 Å². The zero-order valence-electron chi connectivity index (χ0n) is 27.5. The van der Waals surface area contributed by atoms with Crippen LogP contribution in [0, 0.1) is 11.8 Å². The summed E-state index contributed by atoms with van der Waals surface area (Å²) in [7, 11) is 0. The Hall–Kier alpha value is -4.83. The van der Waals surface area contributed by atoms with Crippen molar-refractivity contribution in [2.75, 3.05) is 44.8 Å². The first kappa shape index (κ1) is 39.3. The number of rotatable bonds is 22. The molecule has 2 atom stereocenters. The standard InChI is InChI=1S/C32H46N6O10/c1-20(2)30(36-21(3)40)25(41)17-22(5-4-11-35-32(33)46)31(45)37-24-7-6-23(19-39)26(18-24)48-16-15-47-14-12-34-27(42)10-13-38-28(43)8-9-29(38)44/h6-9,18,20,22,30,39H,4-5,10-17,19H2,1-3H3,(H,34,42)(H,36,40)(H,37,45)(H3,33,35,46)/t22-,30+/m1/s1. The average molecular weight is 675 g/mol. The number of urea groups is 1. The van der Waals surface area contributed by atoms with Gasteiger partial charge in [-0.1, -0.05) is 19.9 Å². The Morgan fingerprint density at radius 1 is 0.979 bits per heavy atom. The number of ketones is 1. The van der Waals surface area contributed by atoms with Crippen LogP contribution in [0.2, 0.25) is 0 Å². The van der Waals surface area contributed by atoms with E-state index in [0.29, 0.717) is 23.4 Å². The molecule has 7 amide bonds. The number of ether oxygens (including phenoxy) is 2. The summed E-state index contributed by atoms with van der Waals surface area (Å²) in [6.07, 6.45) is 2.77. The van der Waals surface area contributed by atoms with Gasteiger partial charge in [-0.3, -0.25) is 33.7 Å². The number of amides is 7. The number of carbonyl (C=O) groups excluding carboxylic acids is 7. The van der Waals surface area contributed by atoms with Crippen LogP contribution in [0.25, 0.3) is 0 Å². The minimum Gasteiger partial charge on any atom is -0.491 e. The van der Waals surface area contributed by atoms with Crippen molar-refractivity contribution < 1.29 is 48.1 Å². The third-order valence-electron chi connectivity index (χ3n) is 7.24. The largest absolute Gasteiger partial charge is 0.491 e. The molecule has 0 saturated carbocycles. The second kappa shape index (κ2) is 20.4. The first-order valence-electron chi connectivity index (χ1n) is 15.7. The fraction of sp³-hybridized carbons (Fsp3) is 0.531. The van der Waals surface area contributed by atoms with E-state index in [9.17, 15) is 38.7 Å². The molecule has 16 nitrogen and oxygen atoms in total. The monoisotopic (exact) mass is 674 g/mol. The van der Waals surface area contributed by atoms with Crippen LogP contribution in [0.15, 0.2) is 30.4 Å². The van der Waals surface area contributed by atoms with Crippen molar-refractivity contribution in [3.8, 4) is 5.75 Å². The molecule has 0 saturated heterocycles. The molecule has 1 aromatic rings. The van der Waals surface area contributed by atoms with Gasteiger partial charge < -0.3 is 41.6 Å². The molecule has 0 aromatic heterocycles. The smallest absolute Gasteiger partial charge is 0.312 e. The molecule has 7 N–H and O–H groups in total. The minimum atomic E-state index is -0.778. The Kier molecular flexibility index (Phi) is 16.7. The van der Waals surface area contributed by atoms with Crippen molar-refractivity contribution in [1.29, 1.82) is 0 Å². The number of nitrogens with one attached hydrogen (secondary N) is 4. The van der Waals surface area contributed by atoms with Crippen LogP contribution < -0.4 is 31.7 Å². The molecule has 0 aliphatic carbocycles. The molecule has 1 aliphatic heterocycles. The van der Waals surface area contributed by atoms with Crippen LogP contribution in [0.5, 0.6) is 5.75 Å². The van der Waals surface area contributed by atoms with Gasteiger partial charge in [0.1, 0.15) is 12.4 Å². The van der Waals surface area contributed by atoms with E-state index in [-0.39, 0.29) is 88.8 Å². The van der Waals surface area contributed by atoms with E-state index >= 15 is 0 Å². The average Bonchev–Trinajstić information content (AvgIpc) is 3.35. The van der Waals surface area contributed by atoms with Crippen LogP contribution in [-0.2, 0) is 40.1 Å². The lowest BCUT2D eigenvalue weighted by Gasteiger charge is -2.23. The van der Waals surface area contributed by atoms with E-state index in [4.69, 9.17) is 15.2 Å². The molecule has 2 rings (SSSR count). The number of Topliss-reactive ketones (excluding diaryl/α,β-unsaturated/α-hetero) is 1. The lowest BCUT2D eigenvalue weighted by atomic mass is 9.89. The molecule has 48 heavy (non-hydrogen) atoms. The van der Waals surface area contributed by atoms with Gasteiger partial charge in [0.15, 0.2) is 5.78 Å². The summed E-state index contributed by atoms with van der Waals surface area (Å²) >= 11 is 0. The zero-order chi connectivity index (χ0) is 35.6. The molecule has 0 bridgehead atoms. The Bertz CT molecular complexity index is 1330. The first-order chi connectivity index (χ1) is 22.8. The van der Waals surface area contributed by atoms with Crippen molar-refractivity contribution in [1.82, 2.24) is 20.9 Å². The quantitative estimate of drug-likeness (QED) is 0.0718. The molecular formula is C32H46N6O10. The van der Waals surface area contributed by atoms with Gasteiger partial charge in [-0.25, -0.2) is 4.79 Å². The number of imide groups is 1. The highest BCUT2D eigenvalue weighted by Crippen LogP contribution is 2.25. The summed E-state index contributed by atoms with van der Waals surface area (Å²) in [6, 6.07) is 3.25. The predicted molar refractivity (Wildman–Crippen MR) is 173 cm³/mol. The predicted octanol–water partition coefficient (Wildman–Crippen LogP) is 0.129. The maximum atomic E-state index is 13.4. The number of aliphatic hydroxyl groups is 1. The van der Waals surface area contributed by atoms with Gasteiger partial charge in [-0.15, -0.1) is 0 Å². The second-order valence-electron chi connectivity index (χ2n) is 11.4. The van der Waals surface area contributed by atoms with Crippen LogP contribution >= 0.6 is 0 Å². The third kappa shape index (κ3) is 13.9. The second-order valence-corrected chi connectivity index (χ2v) is 11.4. The highest BCUT2D eigenvalue weighted by molar-refractivity contribution is 6.13. The number of aliphatic hydroxyl groups excluding tert-OH is 1. The first-order valence-corrected chi connectivity index (χ1v) is 15.7. The van der Waals surface area contributed by atoms with Gasteiger partial charge in [0.2, 0.25) is 17.7 Å². The summed E-state index contributed by atoms with van der Waals surface area (Å²) in [5, 5.41) is 20.3. The molecular weight excluding hydrogens is 628 g/mol. The van der Waals surface area contributed by atoms with Crippen LogP contribution in [0.4, 0.5) is 10.5 Å². The minimum absolute atomic E-state index is 0.0116. The van der Waals surface area contributed by atoms with E-state index in [1.54, 1.807) is 26.0 Å². The van der Waals surface area contributed by atoms with Gasteiger partial charge in [-0.05, 0) is 24.8 Å². The van der Waals surface area contributed by atoms with Crippen molar-refractivity contribution >= 4 is 47.0 Å². The van der Waals surface area contributed by atoms with Crippen LogP contribution in [0.3, 0.4) is 0 Å². The van der Waals surface area contributed by atoms with E-state index in [1.165, 1.54) is 13.0 Å². The number of primary amides is 1. The van der Waals surface area contributed by atoms with Crippen molar-refractivity contribution in [3.05, 3.63) is 35.9 Å². The Morgan fingerprint density at radius 3 is 2.31 bits per heavy atom. The van der Waals surface area contributed by atoms with Crippen LogP contribution in [0.1, 0.15) is 52.0 Å². The highest BCUT2D eigenvalue weighted by atomic mass is 16.5.